The Kier molecular flexibility index (Phi) is 5.68. The fraction of sp³-hybridized carbons (Fsp3) is 0.885. The van der Waals surface area contributed by atoms with Crippen LogP contribution in [0.1, 0.15) is 85.0 Å². The maximum absolute atomic E-state index is 12.1. The second-order valence-corrected chi connectivity index (χ2v) is 11.7. The normalized spacial score (nSPS) is 44.9. The van der Waals surface area contributed by atoms with Gasteiger partial charge in [-0.3, -0.25) is 4.79 Å². The lowest BCUT2D eigenvalue weighted by molar-refractivity contribution is -0.129. The zero-order chi connectivity index (χ0) is 21.0. The third kappa shape index (κ3) is 3.50. The van der Waals surface area contributed by atoms with E-state index in [0.717, 1.165) is 42.9 Å². The summed E-state index contributed by atoms with van der Waals surface area (Å²) < 4.78 is 0. The van der Waals surface area contributed by atoms with Crippen molar-refractivity contribution in [2.45, 2.75) is 91.1 Å². The minimum Gasteiger partial charge on any atom is -0.393 e. The van der Waals surface area contributed by atoms with Crippen LogP contribution in [0, 0.1) is 40.4 Å². The van der Waals surface area contributed by atoms with Crippen LogP contribution in [0.2, 0.25) is 0 Å². The molecule has 8 atom stereocenters. The Bertz CT molecular complexity index is 670. The molecule has 0 bridgehead atoms. The summed E-state index contributed by atoms with van der Waals surface area (Å²) in [6, 6.07) is 0. The number of fused-ring (bicyclic) bond motifs is 5. The van der Waals surface area contributed by atoms with Crippen molar-refractivity contribution in [3.8, 4) is 0 Å². The van der Waals surface area contributed by atoms with Crippen LogP contribution < -0.4 is 0 Å². The van der Waals surface area contributed by atoms with Crippen molar-refractivity contribution in [1.82, 2.24) is 4.90 Å². The number of aliphatic hydroxyl groups is 1. The predicted molar refractivity (Wildman–Crippen MR) is 118 cm³/mol. The van der Waals surface area contributed by atoms with Crippen LogP contribution in [0.5, 0.6) is 0 Å². The summed E-state index contributed by atoms with van der Waals surface area (Å²) in [5.41, 5.74) is 2.37. The van der Waals surface area contributed by atoms with Crippen LogP contribution in [-0.2, 0) is 4.79 Å². The molecule has 0 radical (unpaired) electrons. The molecule has 0 saturated heterocycles. The second kappa shape index (κ2) is 7.70. The Labute approximate surface area is 178 Å². The van der Waals surface area contributed by atoms with Crippen LogP contribution >= 0.6 is 0 Å². The lowest BCUT2D eigenvalue weighted by Gasteiger charge is -2.58. The molecule has 1 N–H and O–H groups in total. The van der Waals surface area contributed by atoms with Crippen LogP contribution in [0.4, 0.5) is 0 Å². The molecule has 29 heavy (non-hydrogen) atoms. The average molecular weight is 402 g/mol. The van der Waals surface area contributed by atoms with Gasteiger partial charge in [0.25, 0.3) is 0 Å². The number of aliphatic hydroxyl groups excluding tert-OH is 1. The van der Waals surface area contributed by atoms with Crippen LogP contribution in [0.25, 0.3) is 0 Å². The molecule has 0 heterocycles. The van der Waals surface area contributed by atoms with Crippen LogP contribution in [0.3, 0.4) is 0 Å². The molecular formula is C26H43NO2. The van der Waals surface area contributed by atoms with Crippen molar-refractivity contribution in [3.05, 3.63) is 11.6 Å². The molecule has 3 nitrogen and oxygen atoms in total. The average Bonchev–Trinajstić information content (AvgIpc) is 3.03. The molecule has 4 aliphatic carbocycles. The Morgan fingerprint density at radius 1 is 1.17 bits per heavy atom. The molecule has 0 spiro atoms. The lowest BCUT2D eigenvalue weighted by Crippen LogP contribution is -2.50. The van der Waals surface area contributed by atoms with Gasteiger partial charge in [0.05, 0.1) is 6.10 Å². The monoisotopic (exact) mass is 401 g/mol. The molecule has 4 aliphatic rings. The highest BCUT2D eigenvalue weighted by Gasteiger charge is 2.59. The summed E-state index contributed by atoms with van der Waals surface area (Å²) in [7, 11) is 3.74. The maximum atomic E-state index is 12.1. The minimum absolute atomic E-state index is 0.110. The first kappa shape index (κ1) is 21.4. The van der Waals surface area contributed by atoms with E-state index in [4.69, 9.17) is 0 Å². The third-order valence-electron chi connectivity index (χ3n) is 10.2. The van der Waals surface area contributed by atoms with Crippen molar-refractivity contribution >= 4 is 5.91 Å². The summed E-state index contributed by atoms with van der Waals surface area (Å²) in [5.74, 6) is 4.18. The van der Waals surface area contributed by atoms with Gasteiger partial charge in [-0.05, 0) is 98.2 Å². The van der Waals surface area contributed by atoms with Crippen molar-refractivity contribution in [1.29, 1.82) is 0 Å². The smallest absolute Gasteiger partial charge is 0.222 e. The van der Waals surface area contributed by atoms with E-state index in [9.17, 15) is 9.90 Å². The summed E-state index contributed by atoms with van der Waals surface area (Å²) in [6.07, 6.45) is 14.0. The van der Waals surface area contributed by atoms with Crippen molar-refractivity contribution in [2.75, 3.05) is 14.1 Å². The molecule has 3 fully saturated rings. The number of hydrogen-bond acceptors (Lipinski definition) is 2. The van der Waals surface area contributed by atoms with Gasteiger partial charge in [-0.1, -0.05) is 32.4 Å². The largest absolute Gasteiger partial charge is 0.393 e. The molecule has 0 aromatic heterocycles. The first-order valence-corrected chi connectivity index (χ1v) is 12.2. The summed E-state index contributed by atoms with van der Waals surface area (Å²) in [4.78, 5) is 13.8. The van der Waals surface area contributed by atoms with E-state index in [1.54, 1.807) is 10.5 Å². The molecular weight excluding hydrogens is 358 g/mol. The number of carbonyl (C=O) groups is 1. The third-order valence-corrected chi connectivity index (χ3v) is 10.2. The SMILES string of the molecule is CC(CCC(=O)N(C)C)[C@H]1CC[C@H]2[C@@H]3CC=C4C[C@H](O)CC[C@]4(C)[C@H]3CC[C@]12C. The van der Waals surface area contributed by atoms with Gasteiger partial charge in [-0.2, -0.15) is 0 Å². The number of rotatable bonds is 4. The van der Waals surface area contributed by atoms with Crippen molar-refractivity contribution < 1.29 is 9.90 Å². The Morgan fingerprint density at radius 2 is 1.93 bits per heavy atom. The van der Waals surface area contributed by atoms with Crippen LogP contribution in [0.15, 0.2) is 11.6 Å². The van der Waals surface area contributed by atoms with E-state index in [1.807, 2.05) is 14.1 Å². The van der Waals surface area contributed by atoms with Gasteiger partial charge in [0, 0.05) is 20.5 Å². The number of carbonyl (C=O) groups excluding carboxylic acids is 1. The number of amides is 1. The highest BCUT2D eigenvalue weighted by molar-refractivity contribution is 5.75. The van der Waals surface area contributed by atoms with Gasteiger partial charge in [0.2, 0.25) is 5.91 Å². The molecule has 3 heteroatoms. The van der Waals surface area contributed by atoms with E-state index in [2.05, 4.69) is 26.8 Å². The molecule has 3 saturated carbocycles. The fourth-order valence-electron chi connectivity index (χ4n) is 8.39. The second-order valence-electron chi connectivity index (χ2n) is 11.7. The zero-order valence-electron chi connectivity index (χ0n) is 19.4. The van der Waals surface area contributed by atoms with Gasteiger partial charge in [-0.15, -0.1) is 0 Å². The van der Waals surface area contributed by atoms with Gasteiger partial charge < -0.3 is 10.0 Å². The van der Waals surface area contributed by atoms with E-state index in [0.29, 0.717) is 23.2 Å². The van der Waals surface area contributed by atoms with Crippen molar-refractivity contribution in [2.24, 2.45) is 40.4 Å². The minimum atomic E-state index is -0.110. The van der Waals surface area contributed by atoms with Gasteiger partial charge in [-0.25, -0.2) is 0 Å². The predicted octanol–water partition coefficient (Wildman–Crippen LogP) is 5.43. The van der Waals surface area contributed by atoms with Gasteiger partial charge in [0.1, 0.15) is 0 Å². The van der Waals surface area contributed by atoms with Crippen LogP contribution in [-0.4, -0.2) is 36.1 Å². The van der Waals surface area contributed by atoms with Crippen molar-refractivity contribution in [3.63, 3.8) is 0 Å². The Morgan fingerprint density at radius 3 is 2.66 bits per heavy atom. The zero-order valence-corrected chi connectivity index (χ0v) is 19.4. The molecule has 0 aromatic rings. The first-order valence-electron chi connectivity index (χ1n) is 12.2. The summed E-state index contributed by atoms with van der Waals surface area (Å²) >= 11 is 0. The quantitative estimate of drug-likeness (QED) is 0.638. The first-order chi connectivity index (χ1) is 13.7. The summed E-state index contributed by atoms with van der Waals surface area (Å²) in [5, 5.41) is 10.2. The van der Waals surface area contributed by atoms with E-state index < -0.39 is 0 Å². The molecule has 4 rings (SSSR count). The molecule has 0 aliphatic heterocycles. The summed E-state index contributed by atoms with van der Waals surface area (Å²) in [6.45, 7) is 7.53. The van der Waals surface area contributed by atoms with Gasteiger partial charge >= 0.3 is 0 Å². The topological polar surface area (TPSA) is 40.5 Å². The van der Waals surface area contributed by atoms with E-state index in [-0.39, 0.29) is 12.0 Å². The molecule has 164 valence electrons. The standard InChI is InChI=1S/C26H43NO2/c1-17(6-11-24(29)27(4)5)21-9-10-22-20-8-7-18-16-19(28)12-14-25(18,2)23(20)13-15-26(21,22)3/h7,17,19-23,28H,6,8-16H2,1-5H3/t17?,19-,20+,21-,22+,23+,25+,26-/m1/s1. The number of hydrogen-bond donors (Lipinski definition) is 1. The number of nitrogens with zero attached hydrogens (tertiary/aromatic N) is 1. The molecule has 1 unspecified atom stereocenters. The molecule has 1 amide bonds. The van der Waals surface area contributed by atoms with E-state index in [1.165, 1.54) is 38.5 Å². The number of allylic oxidation sites excluding steroid dienone is 1. The highest BCUT2D eigenvalue weighted by atomic mass is 16.3. The fourth-order valence-corrected chi connectivity index (χ4v) is 8.39. The Balaban J connectivity index is 1.49. The van der Waals surface area contributed by atoms with E-state index >= 15 is 0 Å². The lowest BCUT2D eigenvalue weighted by atomic mass is 9.47. The maximum Gasteiger partial charge on any atom is 0.222 e. The molecule has 0 aromatic carbocycles. The van der Waals surface area contributed by atoms with Gasteiger partial charge in [0.15, 0.2) is 0 Å². The highest BCUT2D eigenvalue weighted by Crippen LogP contribution is 2.67. The Hall–Kier alpha value is -0.830.